The molecule has 0 radical (unpaired) electrons. The van der Waals surface area contributed by atoms with Crippen molar-refractivity contribution < 1.29 is 9.90 Å². The number of carbonyl (C=O) groups is 1. The maximum Gasteiger partial charge on any atom is 0.337 e. The molecule has 1 fully saturated rings. The summed E-state index contributed by atoms with van der Waals surface area (Å²) >= 11 is 6.09. The van der Waals surface area contributed by atoms with Gasteiger partial charge in [0.2, 0.25) is 0 Å². The van der Waals surface area contributed by atoms with Crippen LogP contribution in [0.5, 0.6) is 0 Å². The van der Waals surface area contributed by atoms with Crippen molar-refractivity contribution in [2.24, 2.45) is 0 Å². The van der Waals surface area contributed by atoms with Crippen LogP contribution >= 0.6 is 11.6 Å². The first-order chi connectivity index (χ1) is 17.6. The van der Waals surface area contributed by atoms with Gasteiger partial charge in [-0.3, -0.25) is 4.90 Å². The molecule has 36 heavy (non-hydrogen) atoms. The molecule has 0 spiro atoms. The molecule has 0 bridgehead atoms. The van der Waals surface area contributed by atoms with E-state index in [1.54, 1.807) is 6.07 Å². The fourth-order valence-electron chi connectivity index (χ4n) is 4.67. The highest BCUT2D eigenvalue weighted by Gasteiger charge is 2.20. The molecular weight excluding hydrogens is 470 g/mol. The van der Waals surface area contributed by atoms with Gasteiger partial charge in [0.15, 0.2) is 0 Å². The maximum atomic E-state index is 11.8. The van der Waals surface area contributed by atoms with E-state index in [2.05, 4.69) is 51.5 Å². The van der Waals surface area contributed by atoms with Crippen molar-refractivity contribution in [1.29, 1.82) is 0 Å². The molecule has 5 rings (SSSR count). The van der Waals surface area contributed by atoms with Gasteiger partial charge < -0.3 is 15.3 Å². The van der Waals surface area contributed by atoms with Gasteiger partial charge in [-0.2, -0.15) is 0 Å². The van der Waals surface area contributed by atoms with E-state index < -0.39 is 5.97 Å². The number of hydrogen-bond donors (Lipinski definition) is 2. The van der Waals surface area contributed by atoms with Crippen LogP contribution in [0, 0.1) is 0 Å². The van der Waals surface area contributed by atoms with Gasteiger partial charge in [0, 0.05) is 49.1 Å². The van der Waals surface area contributed by atoms with E-state index in [0.717, 1.165) is 49.1 Å². The number of piperazine rings is 1. The second kappa shape index (κ2) is 10.9. The Bertz CT molecular complexity index is 1330. The molecule has 0 amide bonds. The fourth-order valence-corrected chi connectivity index (χ4v) is 4.80. The number of carboxylic acid groups (broad SMARTS) is 1. The number of carboxylic acids is 1. The van der Waals surface area contributed by atoms with E-state index in [0.29, 0.717) is 5.69 Å². The summed E-state index contributed by atoms with van der Waals surface area (Å²) in [5.74, 6) is -0.941. The first-order valence-corrected chi connectivity index (χ1v) is 12.5. The SMILES string of the molecule is O=C(O)c1ccc(N2CCN(Cc3ccccc3-c3ccc(Cl)cc3)CC2)cc1Nc1ccccc1. The molecule has 4 aromatic rings. The molecule has 0 saturated carbocycles. The van der Waals surface area contributed by atoms with Gasteiger partial charge in [0.1, 0.15) is 0 Å². The molecule has 1 saturated heterocycles. The van der Waals surface area contributed by atoms with Crippen LogP contribution in [0.1, 0.15) is 15.9 Å². The van der Waals surface area contributed by atoms with Crippen molar-refractivity contribution >= 4 is 34.6 Å². The van der Waals surface area contributed by atoms with E-state index in [9.17, 15) is 9.90 Å². The molecule has 5 nitrogen and oxygen atoms in total. The van der Waals surface area contributed by atoms with Crippen LogP contribution < -0.4 is 10.2 Å². The molecule has 4 aromatic carbocycles. The summed E-state index contributed by atoms with van der Waals surface area (Å²) < 4.78 is 0. The zero-order valence-corrected chi connectivity index (χ0v) is 20.7. The Morgan fingerprint density at radius 3 is 2.25 bits per heavy atom. The number of nitrogens with one attached hydrogen (secondary N) is 1. The van der Waals surface area contributed by atoms with Crippen LogP contribution in [0.4, 0.5) is 17.1 Å². The summed E-state index contributed by atoms with van der Waals surface area (Å²) in [6.45, 7) is 4.49. The van der Waals surface area contributed by atoms with Crippen molar-refractivity contribution in [3.8, 4) is 11.1 Å². The van der Waals surface area contributed by atoms with Crippen LogP contribution in [0.3, 0.4) is 0 Å². The highest BCUT2D eigenvalue weighted by atomic mass is 35.5. The maximum absolute atomic E-state index is 11.8. The zero-order valence-electron chi connectivity index (χ0n) is 19.9. The second-order valence-electron chi connectivity index (χ2n) is 8.95. The van der Waals surface area contributed by atoms with Gasteiger partial charge in [-0.05, 0) is 59.2 Å². The standard InChI is InChI=1S/C30H28ClN3O2/c31-24-12-10-22(11-13-24)27-9-5-4-6-23(27)21-33-16-18-34(19-17-33)26-14-15-28(30(35)36)29(20-26)32-25-7-2-1-3-8-25/h1-15,20,32H,16-19,21H2,(H,35,36). The number of para-hydroxylation sites is 1. The van der Waals surface area contributed by atoms with Gasteiger partial charge >= 0.3 is 5.97 Å². The zero-order chi connectivity index (χ0) is 24.9. The van der Waals surface area contributed by atoms with Crippen LogP contribution in [-0.2, 0) is 6.54 Å². The minimum absolute atomic E-state index is 0.264. The molecule has 182 valence electrons. The summed E-state index contributed by atoms with van der Waals surface area (Å²) in [6.07, 6.45) is 0. The Kier molecular flexibility index (Phi) is 7.21. The minimum Gasteiger partial charge on any atom is -0.478 e. The summed E-state index contributed by atoms with van der Waals surface area (Å²) in [4.78, 5) is 16.6. The van der Waals surface area contributed by atoms with Gasteiger partial charge in [-0.25, -0.2) is 4.79 Å². The lowest BCUT2D eigenvalue weighted by atomic mass is 9.99. The lowest BCUT2D eigenvalue weighted by Crippen LogP contribution is -2.46. The highest BCUT2D eigenvalue weighted by molar-refractivity contribution is 6.30. The molecule has 1 aliphatic rings. The number of rotatable bonds is 7. The number of anilines is 3. The second-order valence-corrected chi connectivity index (χ2v) is 9.39. The Balaban J connectivity index is 1.28. The van der Waals surface area contributed by atoms with Crippen LogP contribution in [0.2, 0.25) is 5.02 Å². The smallest absolute Gasteiger partial charge is 0.337 e. The molecule has 1 aliphatic heterocycles. The van der Waals surface area contributed by atoms with Crippen molar-refractivity contribution in [3.05, 3.63) is 113 Å². The molecule has 6 heteroatoms. The van der Waals surface area contributed by atoms with Crippen molar-refractivity contribution in [1.82, 2.24) is 4.90 Å². The predicted octanol–water partition coefficient (Wildman–Crippen LogP) is 6.77. The van der Waals surface area contributed by atoms with Crippen molar-refractivity contribution in [2.45, 2.75) is 6.54 Å². The Hall–Kier alpha value is -3.80. The quantitative estimate of drug-likeness (QED) is 0.295. The number of aromatic carboxylic acids is 1. The molecule has 1 heterocycles. The summed E-state index contributed by atoms with van der Waals surface area (Å²) in [6, 6.07) is 31.7. The minimum atomic E-state index is -0.941. The lowest BCUT2D eigenvalue weighted by Gasteiger charge is -2.36. The monoisotopic (exact) mass is 497 g/mol. The van der Waals surface area contributed by atoms with E-state index in [-0.39, 0.29) is 5.56 Å². The van der Waals surface area contributed by atoms with Gasteiger partial charge in [0.05, 0.1) is 11.3 Å². The molecule has 2 N–H and O–H groups in total. The third kappa shape index (κ3) is 5.54. The molecule has 0 aromatic heterocycles. The summed E-state index contributed by atoms with van der Waals surface area (Å²) in [5.41, 5.74) is 6.46. The number of halogens is 1. The Morgan fingerprint density at radius 1 is 0.833 bits per heavy atom. The lowest BCUT2D eigenvalue weighted by molar-refractivity contribution is 0.0698. The first kappa shape index (κ1) is 23.9. The van der Waals surface area contributed by atoms with E-state index in [1.165, 1.54) is 16.7 Å². The Labute approximate surface area is 216 Å². The topological polar surface area (TPSA) is 55.8 Å². The van der Waals surface area contributed by atoms with E-state index >= 15 is 0 Å². The molecule has 0 aliphatic carbocycles. The summed E-state index contributed by atoms with van der Waals surface area (Å²) in [5, 5.41) is 13.7. The molecular formula is C30H28ClN3O2. The molecule has 0 unspecified atom stereocenters. The average molecular weight is 498 g/mol. The van der Waals surface area contributed by atoms with Gasteiger partial charge in [-0.1, -0.05) is 66.2 Å². The highest BCUT2D eigenvalue weighted by Crippen LogP contribution is 2.29. The van der Waals surface area contributed by atoms with Crippen LogP contribution in [0.25, 0.3) is 11.1 Å². The number of nitrogens with zero attached hydrogens (tertiary/aromatic N) is 2. The Morgan fingerprint density at radius 2 is 1.53 bits per heavy atom. The average Bonchev–Trinajstić information content (AvgIpc) is 2.90. The third-order valence-electron chi connectivity index (χ3n) is 6.59. The number of hydrogen-bond acceptors (Lipinski definition) is 4. The fraction of sp³-hybridized carbons (Fsp3) is 0.167. The first-order valence-electron chi connectivity index (χ1n) is 12.1. The summed E-state index contributed by atoms with van der Waals surface area (Å²) in [7, 11) is 0. The number of benzene rings is 4. The van der Waals surface area contributed by atoms with Crippen LogP contribution in [-0.4, -0.2) is 42.2 Å². The third-order valence-corrected chi connectivity index (χ3v) is 6.84. The predicted molar refractivity (Wildman–Crippen MR) is 148 cm³/mol. The van der Waals surface area contributed by atoms with Crippen LogP contribution in [0.15, 0.2) is 97.1 Å². The van der Waals surface area contributed by atoms with E-state index in [4.69, 9.17) is 11.6 Å². The largest absolute Gasteiger partial charge is 0.478 e. The normalized spacial score (nSPS) is 14.0. The van der Waals surface area contributed by atoms with Gasteiger partial charge in [-0.15, -0.1) is 0 Å². The molecule has 0 atom stereocenters. The van der Waals surface area contributed by atoms with Crippen molar-refractivity contribution in [3.63, 3.8) is 0 Å². The van der Waals surface area contributed by atoms with Gasteiger partial charge in [0.25, 0.3) is 0 Å². The van der Waals surface area contributed by atoms with E-state index in [1.807, 2.05) is 54.6 Å². The van der Waals surface area contributed by atoms with Crippen molar-refractivity contribution in [2.75, 3.05) is 36.4 Å².